The number of anilines is 2. The fourth-order valence-electron chi connectivity index (χ4n) is 4.19. The van der Waals surface area contributed by atoms with Crippen LogP contribution in [-0.4, -0.2) is 33.7 Å². The second-order valence-electron chi connectivity index (χ2n) is 7.65. The summed E-state index contributed by atoms with van der Waals surface area (Å²) >= 11 is 6.19. The lowest BCUT2D eigenvalue weighted by molar-refractivity contribution is -0.116. The molecule has 31 heavy (non-hydrogen) atoms. The summed E-state index contributed by atoms with van der Waals surface area (Å²) in [5, 5.41) is 5.32. The molecular formula is C23H23ClN2O4S. The van der Waals surface area contributed by atoms with Crippen molar-refractivity contribution < 1.29 is 17.9 Å². The summed E-state index contributed by atoms with van der Waals surface area (Å²) < 4.78 is 31.4. The van der Waals surface area contributed by atoms with Gasteiger partial charge in [0.2, 0.25) is 15.9 Å². The molecule has 3 aromatic carbocycles. The number of carbonyl (C=O) groups is 1. The average molecular weight is 459 g/mol. The Hall–Kier alpha value is -2.77. The number of methoxy groups -OCH3 is 1. The molecule has 3 aromatic rings. The van der Waals surface area contributed by atoms with Crippen LogP contribution in [0, 0.1) is 0 Å². The summed E-state index contributed by atoms with van der Waals surface area (Å²) in [6.45, 7) is 1.55. The highest BCUT2D eigenvalue weighted by atomic mass is 35.5. The van der Waals surface area contributed by atoms with Gasteiger partial charge in [-0.3, -0.25) is 9.10 Å². The summed E-state index contributed by atoms with van der Waals surface area (Å²) in [6, 6.07) is 13.6. The van der Waals surface area contributed by atoms with Gasteiger partial charge in [0.25, 0.3) is 0 Å². The molecule has 4 rings (SSSR count). The highest BCUT2D eigenvalue weighted by molar-refractivity contribution is 7.92. The van der Waals surface area contributed by atoms with Gasteiger partial charge < -0.3 is 10.1 Å². The van der Waals surface area contributed by atoms with Gasteiger partial charge in [-0.1, -0.05) is 35.9 Å². The molecule has 0 saturated heterocycles. The van der Waals surface area contributed by atoms with Gasteiger partial charge >= 0.3 is 0 Å². The number of nitrogens with zero attached hydrogens (tertiary/aromatic N) is 1. The van der Waals surface area contributed by atoms with Gasteiger partial charge in [0.15, 0.2) is 0 Å². The Morgan fingerprint density at radius 1 is 1.13 bits per heavy atom. The van der Waals surface area contributed by atoms with Gasteiger partial charge in [-0.25, -0.2) is 8.42 Å². The van der Waals surface area contributed by atoms with Crippen LogP contribution in [0.4, 0.5) is 11.4 Å². The van der Waals surface area contributed by atoms with E-state index in [4.69, 9.17) is 16.3 Å². The molecule has 1 N–H and O–H groups in total. The van der Waals surface area contributed by atoms with Crippen molar-refractivity contribution in [2.75, 3.05) is 23.0 Å². The van der Waals surface area contributed by atoms with Crippen molar-refractivity contribution in [2.24, 2.45) is 0 Å². The third kappa shape index (κ3) is 3.95. The first-order chi connectivity index (χ1) is 14.7. The molecule has 0 fully saturated rings. The lowest BCUT2D eigenvalue weighted by Crippen LogP contribution is -2.45. The predicted molar refractivity (Wildman–Crippen MR) is 125 cm³/mol. The largest absolute Gasteiger partial charge is 0.495 e. The summed E-state index contributed by atoms with van der Waals surface area (Å²) in [5.41, 5.74) is 3.49. The van der Waals surface area contributed by atoms with E-state index >= 15 is 0 Å². The highest BCUT2D eigenvalue weighted by Crippen LogP contribution is 2.35. The number of aryl methyl sites for hydroxylation is 2. The Kier molecular flexibility index (Phi) is 5.58. The number of halogens is 1. The maximum atomic E-state index is 13.1. The van der Waals surface area contributed by atoms with Crippen molar-refractivity contribution >= 4 is 49.7 Å². The Morgan fingerprint density at radius 3 is 2.48 bits per heavy atom. The summed E-state index contributed by atoms with van der Waals surface area (Å²) in [7, 11) is -2.29. The van der Waals surface area contributed by atoms with Crippen LogP contribution in [-0.2, 0) is 27.7 Å². The van der Waals surface area contributed by atoms with E-state index in [1.54, 1.807) is 19.1 Å². The predicted octanol–water partition coefficient (Wildman–Crippen LogP) is 4.39. The molecule has 1 amide bonds. The van der Waals surface area contributed by atoms with Crippen LogP contribution in [0.1, 0.15) is 18.1 Å². The van der Waals surface area contributed by atoms with E-state index in [-0.39, 0.29) is 10.7 Å². The van der Waals surface area contributed by atoms with E-state index in [2.05, 4.69) is 11.4 Å². The van der Waals surface area contributed by atoms with Crippen LogP contribution in [0.5, 0.6) is 5.75 Å². The molecule has 0 unspecified atom stereocenters. The van der Waals surface area contributed by atoms with E-state index < -0.39 is 22.0 Å². The van der Waals surface area contributed by atoms with Crippen molar-refractivity contribution in [1.82, 2.24) is 0 Å². The molecule has 1 aliphatic rings. The molecule has 0 aromatic heterocycles. The van der Waals surface area contributed by atoms with Crippen LogP contribution in [0.2, 0.25) is 5.02 Å². The smallest absolute Gasteiger partial charge is 0.248 e. The minimum atomic E-state index is -3.76. The van der Waals surface area contributed by atoms with Crippen molar-refractivity contribution in [2.45, 2.75) is 25.8 Å². The standard InChI is InChI=1S/C23H23ClN2O4S/c1-14(26(31(3,28)29)17-10-12-21(30-2)19(24)13-17)23(27)25-20-11-9-16-8-7-15-5-4-6-18(20)22(15)16/h4-6,9-14H,7-8H2,1-3H3,(H,25,27)/t14-/m0/s1. The van der Waals surface area contributed by atoms with E-state index in [0.29, 0.717) is 11.4 Å². The molecule has 0 aliphatic heterocycles. The topological polar surface area (TPSA) is 75.7 Å². The number of hydrogen-bond acceptors (Lipinski definition) is 4. The number of sulfonamides is 1. The molecule has 162 valence electrons. The SMILES string of the molecule is COc1ccc(N([C@@H](C)C(=O)Nc2ccc3c4c(cccc24)CC3)S(C)(=O)=O)cc1Cl. The van der Waals surface area contributed by atoms with Crippen LogP contribution >= 0.6 is 11.6 Å². The van der Waals surface area contributed by atoms with Crippen molar-refractivity contribution in [3.63, 3.8) is 0 Å². The van der Waals surface area contributed by atoms with Crippen molar-refractivity contribution in [3.05, 3.63) is 64.7 Å². The summed E-state index contributed by atoms with van der Waals surface area (Å²) in [4.78, 5) is 13.1. The third-order valence-electron chi connectivity index (χ3n) is 5.61. The molecule has 6 nitrogen and oxygen atoms in total. The minimum absolute atomic E-state index is 0.258. The van der Waals surface area contributed by atoms with E-state index in [1.165, 1.54) is 29.7 Å². The number of ether oxygens (including phenoxy) is 1. The molecule has 0 saturated carbocycles. The number of rotatable bonds is 6. The normalized spacial score (nSPS) is 13.8. The third-order valence-corrected chi connectivity index (χ3v) is 7.15. The summed E-state index contributed by atoms with van der Waals surface area (Å²) in [6.07, 6.45) is 3.04. The van der Waals surface area contributed by atoms with Crippen molar-refractivity contribution in [3.8, 4) is 5.75 Å². The molecule has 8 heteroatoms. The maximum Gasteiger partial charge on any atom is 0.248 e. The first kappa shape index (κ1) is 21.5. The second-order valence-corrected chi connectivity index (χ2v) is 9.92. The Labute approximate surface area is 186 Å². The van der Waals surface area contributed by atoms with Gasteiger partial charge in [0, 0.05) is 11.1 Å². The zero-order valence-electron chi connectivity index (χ0n) is 17.5. The van der Waals surface area contributed by atoms with E-state index in [0.717, 1.165) is 28.8 Å². The Morgan fingerprint density at radius 2 is 1.84 bits per heavy atom. The van der Waals surface area contributed by atoms with Gasteiger partial charge in [-0.05, 0) is 60.5 Å². The fraction of sp³-hybridized carbons (Fsp3) is 0.261. The first-order valence-electron chi connectivity index (χ1n) is 9.88. The monoisotopic (exact) mass is 458 g/mol. The zero-order valence-corrected chi connectivity index (χ0v) is 19.0. The van der Waals surface area contributed by atoms with Crippen molar-refractivity contribution in [1.29, 1.82) is 0 Å². The minimum Gasteiger partial charge on any atom is -0.495 e. The second kappa shape index (κ2) is 8.05. The molecular weight excluding hydrogens is 436 g/mol. The number of hydrogen-bond donors (Lipinski definition) is 1. The number of nitrogens with one attached hydrogen (secondary N) is 1. The first-order valence-corrected chi connectivity index (χ1v) is 12.1. The highest BCUT2D eigenvalue weighted by Gasteiger charge is 2.30. The van der Waals surface area contributed by atoms with Gasteiger partial charge in [0.1, 0.15) is 11.8 Å². The maximum absolute atomic E-state index is 13.1. The number of carbonyl (C=O) groups excluding carboxylic acids is 1. The van der Waals surface area contributed by atoms with Gasteiger partial charge in [0.05, 0.1) is 24.1 Å². The molecule has 0 spiro atoms. The molecule has 1 atom stereocenters. The quantitative estimate of drug-likeness (QED) is 0.594. The van der Waals surface area contributed by atoms with E-state index in [9.17, 15) is 13.2 Å². The van der Waals surface area contributed by atoms with Crippen LogP contribution in [0.25, 0.3) is 10.8 Å². The Bertz CT molecular complexity index is 1280. The molecule has 0 heterocycles. The van der Waals surface area contributed by atoms with Gasteiger partial charge in [-0.2, -0.15) is 0 Å². The number of amides is 1. The number of benzene rings is 3. The summed E-state index contributed by atoms with van der Waals surface area (Å²) in [5.74, 6) is -0.0140. The Balaban J connectivity index is 1.68. The van der Waals surface area contributed by atoms with Crippen LogP contribution < -0.4 is 14.4 Å². The fourth-order valence-corrected chi connectivity index (χ4v) is 5.61. The average Bonchev–Trinajstić information content (AvgIpc) is 3.14. The lowest BCUT2D eigenvalue weighted by Gasteiger charge is -2.28. The lowest BCUT2D eigenvalue weighted by atomic mass is 10.0. The van der Waals surface area contributed by atoms with E-state index in [1.807, 2.05) is 24.3 Å². The van der Waals surface area contributed by atoms with Crippen LogP contribution in [0.15, 0.2) is 48.5 Å². The molecule has 0 bridgehead atoms. The molecule has 0 radical (unpaired) electrons. The molecule has 1 aliphatic carbocycles. The zero-order chi connectivity index (χ0) is 22.3. The van der Waals surface area contributed by atoms with Crippen LogP contribution in [0.3, 0.4) is 0 Å². The van der Waals surface area contributed by atoms with Gasteiger partial charge in [-0.15, -0.1) is 0 Å².